The fraction of sp³-hybridized carbons (Fsp3) is 0.0811. The van der Waals surface area contributed by atoms with Crippen LogP contribution in [0.3, 0.4) is 0 Å². The molecule has 1 aliphatic carbocycles. The Morgan fingerprint density at radius 2 is 1.38 bits per heavy atom. The molecule has 0 aliphatic heterocycles. The molecule has 1 N–H and O–H groups in total. The predicted octanol–water partition coefficient (Wildman–Crippen LogP) is 9.42. The molecule has 4 aromatic carbocycles. The van der Waals surface area contributed by atoms with Crippen LogP contribution in [0.4, 0.5) is 17.1 Å². The molecule has 42 heavy (non-hydrogen) atoms. The first-order valence-electron chi connectivity index (χ1n) is 14.0. The van der Waals surface area contributed by atoms with E-state index < -0.39 is 0 Å². The molecule has 1 aliphatic rings. The number of pyridine rings is 2. The number of para-hydroxylation sites is 2. The third-order valence-electron chi connectivity index (χ3n) is 7.88. The number of phenolic OH excluding ortho intramolecular Hbond substituents is 1. The van der Waals surface area contributed by atoms with Crippen molar-refractivity contribution in [2.45, 2.75) is 19.3 Å². The summed E-state index contributed by atoms with van der Waals surface area (Å²) in [7, 11) is 0. The lowest BCUT2D eigenvalue weighted by atomic mass is 9.83. The summed E-state index contributed by atoms with van der Waals surface area (Å²) in [6.45, 7) is 4.34. The van der Waals surface area contributed by atoms with Crippen molar-refractivity contribution in [3.05, 3.63) is 145 Å². The van der Waals surface area contributed by atoms with Crippen LogP contribution < -0.4 is 9.64 Å². The summed E-state index contributed by atoms with van der Waals surface area (Å²) < 4.78 is 6.30. The first kappa shape index (κ1) is 25.5. The maximum absolute atomic E-state index is 10.7. The second-order valence-corrected chi connectivity index (χ2v) is 10.9. The van der Waals surface area contributed by atoms with Gasteiger partial charge in [-0.05, 0) is 65.7 Å². The normalized spacial score (nSPS) is 12.8. The van der Waals surface area contributed by atoms with E-state index in [1.165, 1.54) is 0 Å². The van der Waals surface area contributed by atoms with Gasteiger partial charge >= 0.3 is 0 Å². The minimum Gasteiger partial charge on any atom is -0.507 e. The van der Waals surface area contributed by atoms with Crippen LogP contribution in [0, 0.1) is 0 Å². The number of phenols is 1. The van der Waals surface area contributed by atoms with Crippen molar-refractivity contribution in [3.63, 3.8) is 0 Å². The number of nitrogens with zero attached hydrogens (tertiary/aromatic N) is 3. The van der Waals surface area contributed by atoms with Crippen LogP contribution in [-0.2, 0) is 5.41 Å². The first-order chi connectivity index (χ1) is 20.5. The Morgan fingerprint density at radius 3 is 2.12 bits per heavy atom. The number of aromatic nitrogens is 2. The fourth-order valence-corrected chi connectivity index (χ4v) is 5.80. The maximum Gasteiger partial charge on any atom is 0.221 e. The van der Waals surface area contributed by atoms with Gasteiger partial charge in [-0.3, -0.25) is 0 Å². The van der Waals surface area contributed by atoms with Gasteiger partial charge in [-0.15, -0.1) is 0 Å². The molecule has 0 bridgehead atoms. The van der Waals surface area contributed by atoms with Crippen LogP contribution in [0.1, 0.15) is 25.0 Å². The van der Waals surface area contributed by atoms with Gasteiger partial charge in [0, 0.05) is 40.2 Å². The number of aromatic hydroxyl groups is 1. The molecular formula is C37H29N3O2. The molecule has 0 saturated heterocycles. The Balaban J connectivity index is 1.21. The van der Waals surface area contributed by atoms with Crippen molar-refractivity contribution in [1.29, 1.82) is 0 Å². The smallest absolute Gasteiger partial charge is 0.221 e. The van der Waals surface area contributed by atoms with Crippen molar-refractivity contribution in [3.8, 4) is 39.9 Å². The molecule has 0 atom stereocenters. The minimum absolute atomic E-state index is 0.232. The summed E-state index contributed by atoms with van der Waals surface area (Å²) in [6, 6.07) is 42.1. The lowest BCUT2D eigenvalue weighted by molar-refractivity contribution is 0.463. The number of hydrogen-bond acceptors (Lipinski definition) is 5. The van der Waals surface area contributed by atoms with E-state index in [2.05, 4.69) is 60.1 Å². The van der Waals surface area contributed by atoms with Crippen molar-refractivity contribution in [1.82, 2.24) is 9.97 Å². The molecule has 6 aromatic rings. The van der Waals surface area contributed by atoms with Crippen LogP contribution in [-0.4, -0.2) is 15.1 Å². The van der Waals surface area contributed by atoms with Crippen molar-refractivity contribution in [2.24, 2.45) is 0 Å². The lowest BCUT2D eigenvalue weighted by Gasteiger charge is -2.25. The number of ether oxygens (including phenoxy) is 1. The third-order valence-corrected chi connectivity index (χ3v) is 7.88. The van der Waals surface area contributed by atoms with E-state index in [4.69, 9.17) is 9.72 Å². The van der Waals surface area contributed by atoms with Crippen LogP contribution in [0.15, 0.2) is 134 Å². The topological polar surface area (TPSA) is 58.5 Å². The number of rotatable bonds is 6. The zero-order chi connectivity index (χ0) is 28.7. The van der Waals surface area contributed by atoms with E-state index in [-0.39, 0.29) is 11.2 Å². The van der Waals surface area contributed by atoms with Gasteiger partial charge in [-0.1, -0.05) is 80.6 Å². The van der Waals surface area contributed by atoms with Gasteiger partial charge in [0.25, 0.3) is 0 Å². The van der Waals surface area contributed by atoms with Crippen LogP contribution in [0.2, 0.25) is 0 Å². The molecule has 2 aromatic heterocycles. The Kier molecular flexibility index (Phi) is 6.20. The van der Waals surface area contributed by atoms with E-state index in [1.807, 2.05) is 84.9 Å². The molecule has 0 saturated carbocycles. The molecule has 0 amide bonds. The third kappa shape index (κ3) is 4.45. The molecule has 2 heterocycles. The molecule has 0 unspecified atom stereocenters. The molecule has 0 radical (unpaired) electrons. The quantitative estimate of drug-likeness (QED) is 0.225. The second kappa shape index (κ2) is 10.2. The van der Waals surface area contributed by atoms with Crippen molar-refractivity contribution >= 4 is 17.1 Å². The van der Waals surface area contributed by atoms with Crippen LogP contribution in [0.5, 0.6) is 17.4 Å². The summed E-state index contributed by atoms with van der Waals surface area (Å²) in [5, 5.41) is 10.7. The van der Waals surface area contributed by atoms with Gasteiger partial charge in [0.15, 0.2) is 0 Å². The first-order valence-corrected chi connectivity index (χ1v) is 14.0. The van der Waals surface area contributed by atoms with Gasteiger partial charge < -0.3 is 14.7 Å². The van der Waals surface area contributed by atoms with Gasteiger partial charge in [-0.25, -0.2) is 9.97 Å². The minimum atomic E-state index is -0.232. The summed E-state index contributed by atoms with van der Waals surface area (Å²) in [4.78, 5) is 11.7. The van der Waals surface area contributed by atoms with Gasteiger partial charge in [0.05, 0.1) is 17.1 Å². The van der Waals surface area contributed by atoms with E-state index in [0.29, 0.717) is 11.6 Å². The average molecular weight is 548 g/mol. The van der Waals surface area contributed by atoms with Gasteiger partial charge in [0.2, 0.25) is 5.88 Å². The van der Waals surface area contributed by atoms with Crippen molar-refractivity contribution < 1.29 is 9.84 Å². The zero-order valence-corrected chi connectivity index (χ0v) is 23.4. The number of benzene rings is 4. The van der Waals surface area contributed by atoms with Crippen LogP contribution >= 0.6 is 0 Å². The molecule has 0 fully saturated rings. The van der Waals surface area contributed by atoms with E-state index in [0.717, 1.165) is 50.7 Å². The summed E-state index contributed by atoms with van der Waals surface area (Å²) in [6.07, 6.45) is 1.77. The van der Waals surface area contributed by atoms with Crippen molar-refractivity contribution in [2.75, 3.05) is 4.90 Å². The van der Waals surface area contributed by atoms with Crippen LogP contribution in [0.25, 0.3) is 22.5 Å². The number of hydrogen-bond donors (Lipinski definition) is 1. The molecular weight excluding hydrogens is 518 g/mol. The highest BCUT2D eigenvalue weighted by Crippen LogP contribution is 2.51. The predicted molar refractivity (Wildman–Crippen MR) is 168 cm³/mol. The molecule has 0 spiro atoms. The van der Waals surface area contributed by atoms with Gasteiger partial charge in [-0.2, -0.15) is 0 Å². The average Bonchev–Trinajstić information content (AvgIpc) is 3.25. The monoisotopic (exact) mass is 547 g/mol. The fourth-order valence-electron chi connectivity index (χ4n) is 5.80. The Morgan fingerprint density at radius 1 is 0.667 bits per heavy atom. The molecule has 7 rings (SSSR count). The largest absolute Gasteiger partial charge is 0.507 e. The highest BCUT2D eigenvalue weighted by Gasteiger charge is 2.38. The summed E-state index contributed by atoms with van der Waals surface area (Å²) in [5.41, 5.74) is 8.36. The summed E-state index contributed by atoms with van der Waals surface area (Å²) >= 11 is 0. The Bertz CT molecular complexity index is 1860. The highest BCUT2D eigenvalue weighted by molar-refractivity contribution is 5.84. The van der Waals surface area contributed by atoms with E-state index >= 15 is 0 Å². The number of anilines is 3. The SMILES string of the molecule is CC1(C)c2ccc(-c3cccc(Oc4cc(N(c5ccccc5)c5ccccc5)ccn4)c3)nc2-c2c(O)cccc21. The summed E-state index contributed by atoms with van der Waals surface area (Å²) in [5.74, 6) is 1.41. The zero-order valence-electron chi connectivity index (χ0n) is 23.4. The Hall–Kier alpha value is -5.42. The number of fused-ring (bicyclic) bond motifs is 3. The maximum atomic E-state index is 10.7. The molecule has 5 nitrogen and oxygen atoms in total. The standard InChI is InChI=1S/C37H29N3O2/c1-37(2)30-17-10-18-33(41)35(30)36-31(37)19-20-32(39-36)25-11-9-16-29(23-25)42-34-24-28(21-22-38-34)40(26-12-5-3-6-13-26)27-14-7-4-8-15-27/h3-24,41H,1-2H3. The Labute approximate surface area is 245 Å². The van der Waals surface area contributed by atoms with Gasteiger partial charge in [0.1, 0.15) is 11.5 Å². The second-order valence-electron chi connectivity index (χ2n) is 10.9. The lowest BCUT2D eigenvalue weighted by Crippen LogP contribution is -2.14. The molecule has 204 valence electrons. The van der Waals surface area contributed by atoms with E-state index in [9.17, 15) is 5.11 Å². The van der Waals surface area contributed by atoms with E-state index in [1.54, 1.807) is 12.3 Å². The molecule has 5 heteroatoms. The highest BCUT2D eigenvalue weighted by atomic mass is 16.5.